The Morgan fingerprint density at radius 2 is 2.10 bits per heavy atom. The van der Waals surface area contributed by atoms with E-state index in [1.165, 1.54) is 11.8 Å². The van der Waals surface area contributed by atoms with Gasteiger partial charge in [-0.15, -0.1) is 10.2 Å². The highest BCUT2D eigenvalue weighted by Crippen LogP contribution is 2.32. The number of nitrogens with zero attached hydrogens (tertiary/aromatic N) is 4. The van der Waals surface area contributed by atoms with Crippen LogP contribution in [0.2, 0.25) is 0 Å². The van der Waals surface area contributed by atoms with Crippen molar-refractivity contribution in [3.63, 3.8) is 0 Å². The van der Waals surface area contributed by atoms with E-state index in [-0.39, 0.29) is 11.7 Å². The maximum absolute atomic E-state index is 11.0. The van der Waals surface area contributed by atoms with Crippen molar-refractivity contribution in [1.82, 2.24) is 14.9 Å². The second kappa shape index (κ2) is 5.69. The number of carbonyl (C=O) groups is 1. The van der Waals surface area contributed by atoms with Gasteiger partial charge in [0.25, 0.3) is 0 Å². The van der Waals surface area contributed by atoms with Gasteiger partial charge in [0.2, 0.25) is 5.16 Å². The summed E-state index contributed by atoms with van der Waals surface area (Å²) >= 11 is 1.36. The van der Waals surface area contributed by atoms with E-state index in [4.69, 9.17) is 0 Å². The first-order valence-electron chi connectivity index (χ1n) is 6.64. The smallest absolute Gasteiger partial charge is 0.212 e. The fraction of sp³-hybridized carbons (Fsp3) is 0.286. The number of hydrogen-bond acceptors (Lipinski definition) is 6. The van der Waals surface area contributed by atoms with Crippen LogP contribution in [-0.4, -0.2) is 31.8 Å². The summed E-state index contributed by atoms with van der Waals surface area (Å²) < 4.78 is 1.69. The van der Waals surface area contributed by atoms with Gasteiger partial charge in [0, 0.05) is 18.8 Å². The van der Waals surface area contributed by atoms with Gasteiger partial charge in [0.15, 0.2) is 5.82 Å². The minimum Gasteiger partial charge on any atom is -0.550 e. The zero-order valence-electron chi connectivity index (χ0n) is 11.4. The summed E-state index contributed by atoms with van der Waals surface area (Å²) in [4.78, 5) is 11.0. The number of carbonyl (C=O) groups excluding carboxylic acids is 1. The lowest BCUT2D eigenvalue weighted by atomic mass is 10.1. The van der Waals surface area contributed by atoms with E-state index in [9.17, 15) is 9.90 Å². The molecule has 2 heterocycles. The van der Waals surface area contributed by atoms with Gasteiger partial charge in [0.1, 0.15) is 0 Å². The molecular weight excluding hydrogens is 288 g/mol. The molecular formula is C14H13N4O2S-. The Morgan fingerprint density at radius 3 is 2.76 bits per heavy atom. The van der Waals surface area contributed by atoms with Crippen molar-refractivity contribution < 1.29 is 9.90 Å². The molecule has 6 nitrogen and oxygen atoms in total. The molecule has 0 N–H and O–H groups in total. The summed E-state index contributed by atoms with van der Waals surface area (Å²) in [5, 5.41) is 24.0. The largest absolute Gasteiger partial charge is 0.550 e. The van der Waals surface area contributed by atoms with Gasteiger partial charge in [-0.1, -0.05) is 49.0 Å². The highest BCUT2D eigenvalue weighted by Gasteiger charge is 2.28. The van der Waals surface area contributed by atoms with Crippen LogP contribution in [-0.2, 0) is 11.2 Å². The van der Waals surface area contributed by atoms with Crippen LogP contribution in [0.4, 0.5) is 0 Å². The molecule has 0 radical (unpaired) electrons. The number of carboxylic acids is 1. The number of rotatable bonds is 4. The third-order valence-electron chi connectivity index (χ3n) is 3.17. The monoisotopic (exact) mass is 301 g/mol. The van der Waals surface area contributed by atoms with Crippen molar-refractivity contribution >= 4 is 23.4 Å². The minimum atomic E-state index is -1.10. The van der Waals surface area contributed by atoms with Crippen LogP contribution in [0.3, 0.4) is 0 Å². The topological polar surface area (TPSA) is 83.2 Å². The standard InChI is InChI=1S/C14H14N4O2S/c1-2-11-15-16-14-18(11)17-13(9-6-4-3-5-7-9)10(21-14)8-12(19)20/h3-7,10H,2,8H2,1H3,(H,19,20)/p-1/t10-/m0/s1. The average Bonchev–Trinajstić information content (AvgIpc) is 2.88. The molecule has 3 rings (SSSR count). The minimum absolute atomic E-state index is 0.104. The summed E-state index contributed by atoms with van der Waals surface area (Å²) in [7, 11) is 0. The van der Waals surface area contributed by atoms with Gasteiger partial charge in [-0.3, -0.25) is 0 Å². The molecule has 1 aromatic heterocycles. The Bertz CT molecular complexity index is 696. The first-order valence-corrected chi connectivity index (χ1v) is 7.52. The zero-order valence-corrected chi connectivity index (χ0v) is 12.2. The summed E-state index contributed by atoms with van der Waals surface area (Å²) in [6, 6.07) is 9.56. The number of fused-ring (bicyclic) bond motifs is 1. The summed E-state index contributed by atoms with van der Waals surface area (Å²) in [5.74, 6) is -0.336. The maximum atomic E-state index is 11.0. The Morgan fingerprint density at radius 1 is 1.33 bits per heavy atom. The van der Waals surface area contributed by atoms with Crippen molar-refractivity contribution in [2.45, 2.75) is 30.2 Å². The lowest BCUT2D eigenvalue weighted by Crippen LogP contribution is -2.33. The predicted molar refractivity (Wildman–Crippen MR) is 77.0 cm³/mol. The third-order valence-corrected chi connectivity index (χ3v) is 4.31. The molecule has 1 atom stereocenters. The Balaban J connectivity index is 2.07. The molecule has 0 saturated heterocycles. The second-order valence-corrected chi connectivity index (χ2v) is 5.77. The SMILES string of the molecule is CCc1nnc2n1N=C(c1ccccc1)[C@H](CC(=O)[O-])S2. The predicted octanol–water partition coefficient (Wildman–Crippen LogP) is 0.707. The molecule has 1 aliphatic rings. The molecule has 108 valence electrons. The fourth-order valence-corrected chi connectivity index (χ4v) is 3.29. The van der Waals surface area contributed by atoms with E-state index in [0.29, 0.717) is 17.3 Å². The van der Waals surface area contributed by atoms with Crippen molar-refractivity contribution in [3.8, 4) is 0 Å². The van der Waals surface area contributed by atoms with Crippen LogP contribution in [0.25, 0.3) is 0 Å². The summed E-state index contributed by atoms with van der Waals surface area (Å²) in [6.07, 6.45) is 0.608. The van der Waals surface area contributed by atoms with Gasteiger partial charge < -0.3 is 9.90 Å². The van der Waals surface area contributed by atoms with Gasteiger partial charge >= 0.3 is 0 Å². The zero-order chi connectivity index (χ0) is 14.8. The molecule has 21 heavy (non-hydrogen) atoms. The maximum Gasteiger partial charge on any atom is 0.212 e. The molecule has 0 amide bonds. The normalized spacial score (nSPS) is 17.2. The van der Waals surface area contributed by atoms with Gasteiger partial charge in [-0.2, -0.15) is 9.78 Å². The third kappa shape index (κ3) is 2.69. The number of benzene rings is 1. The molecule has 7 heteroatoms. The van der Waals surface area contributed by atoms with Crippen LogP contribution in [0.1, 0.15) is 24.7 Å². The van der Waals surface area contributed by atoms with Crippen molar-refractivity contribution in [3.05, 3.63) is 41.7 Å². The van der Waals surface area contributed by atoms with Crippen molar-refractivity contribution in [2.24, 2.45) is 5.10 Å². The Kier molecular flexibility index (Phi) is 3.74. The highest BCUT2D eigenvalue weighted by molar-refractivity contribution is 8.00. The van der Waals surface area contributed by atoms with E-state index in [1.54, 1.807) is 4.68 Å². The van der Waals surface area contributed by atoms with Gasteiger partial charge in [-0.25, -0.2) is 0 Å². The Hall–Kier alpha value is -2.15. The van der Waals surface area contributed by atoms with Crippen molar-refractivity contribution in [1.29, 1.82) is 0 Å². The molecule has 1 aliphatic heterocycles. The number of aromatic nitrogens is 3. The second-order valence-electron chi connectivity index (χ2n) is 4.60. The molecule has 1 aromatic carbocycles. The number of aryl methyl sites for hydroxylation is 1. The lowest BCUT2D eigenvalue weighted by molar-refractivity contribution is -0.305. The molecule has 0 bridgehead atoms. The number of hydrogen-bond donors (Lipinski definition) is 0. The quantitative estimate of drug-likeness (QED) is 0.830. The van der Waals surface area contributed by atoms with Crippen LogP contribution in [0.5, 0.6) is 0 Å². The van der Waals surface area contributed by atoms with E-state index in [1.807, 2.05) is 37.3 Å². The first-order chi connectivity index (χ1) is 10.2. The molecule has 0 fully saturated rings. The number of thioether (sulfide) groups is 1. The fourth-order valence-electron chi connectivity index (χ4n) is 2.19. The van der Waals surface area contributed by atoms with E-state index in [0.717, 1.165) is 11.4 Å². The van der Waals surface area contributed by atoms with Crippen LogP contribution in [0.15, 0.2) is 40.6 Å². The summed E-state index contributed by atoms with van der Waals surface area (Å²) in [6.45, 7) is 1.98. The Labute approximate surface area is 125 Å². The number of carboxylic acid groups (broad SMARTS) is 1. The van der Waals surface area contributed by atoms with E-state index >= 15 is 0 Å². The van der Waals surface area contributed by atoms with Crippen LogP contribution < -0.4 is 5.11 Å². The van der Waals surface area contributed by atoms with E-state index < -0.39 is 5.97 Å². The first kappa shape index (κ1) is 13.8. The van der Waals surface area contributed by atoms with Gasteiger partial charge in [0.05, 0.1) is 11.0 Å². The molecule has 0 aliphatic carbocycles. The number of aliphatic carboxylic acids is 1. The van der Waals surface area contributed by atoms with Gasteiger partial charge in [-0.05, 0) is 5.56 Å². The van der Waals surface area contributed by atoms with Crippen LogP contribution >= 0.6 is 11.8 Å². The van der Waals surface area contributed by atoms with Crippen LogP contribution in [0, 0.1) is 0 Å². The molecule has 0 saturated carbocycles. The molecule has 0 spiro atoms. The average molecular weight is 301 g/mol. The van der Waals surface area contributed by atoms with E-state index in [2.05, 4.69) is 15.3 Å². The lowest BCUT2D eigenvalue weighted by Gasteiger charge is -2.23. The highest BCUT2D eigenvalue weighted by atomic mass is 32.2. The molecule has 0 unspecified atom stereocenters. The molecule has 2 aromatic rings. The summed E-state index contributed by atoms with van der Waals surface area (Å²) in [5.41, 5.74) is 1.62. The van der Waals surface area contributed by atoms with Crippen molar-refractivity contribution in [2.75, 3.05) is 0 Å².